The van der Waals surface area contributed by atoms with Gasteiger partial charge in [0.25, 0.3) is 5.56 Å². The molecule has 3 N–H and O–H groups in total. The van der Waals surface area contributed by atoms with Gasteiger partial charge in [-0.05, 0) is 75.7 Å². The van der Waals surface area contributed by atoms with Gasteiger partial charge in [-0.1, -0.05) is 0 Å². The molecule has 0 spiro atoms. The highest BCUT2D eigenvalue weighted by atomic mass is 32.2. The van der Waals surface area contributed by atoms with Gasteiger partial charge < -0.3 is 25.3 Å². The van der Waals surface area contributed by atoms with Gasteiger partial charge in [0.2, 0.25) is 0 Å². The number of aromatic amines is 1. The molecule has 3 fully saturated rings. The topological polar surface area (TPSA) is 87.5 Å². The van der Waals surface area contributed by atoms with E-state index in [9.17, 15) is 22.4 Å². The van der Waals surface area contributed by atoms with Crippen molar-refractivity contribution >= 4 is 34.0 Å². The van der Waals surface area contributed by atoms with Gasteiger partial charge in [0.15, 0.2) is 0 Å². The minimum Gasteiger partial charge on any atom is -0.493 e. The SMILES string of the molecule is Nc1ccc(N2CCC(N3CCC(SCc4nc5cc(OCC6CC6)cc(F)c5c(=O)[nH]4)CC3)CC2)c(C(F)(F)F)c1. The van der Waals surface area contributed by atoms with E-state index in [0.29, 0.717) is 59.7 Å². The predicted molar refractivity (Wildman–Crippen MR) is 158 cm³/mol. The summed E-state index contributed by atoms with van der Waals surface area (Å²) in [5.74, 6) is 1.34. The Hall–Kier alpha value is -2.99. The lowest BCUT2D eigenvalue weighted by molar-refractivity contribution is -0.137. The van der Waals surface area contributed by atoms with Crippen LogP contribution >= 0.6 is 11.8 Å². The van der Waals surface area contributed by atoms with Crippen molar-refractivity contribution in [1.82, 2.24) is 14.9 Å². The van der Waals surface area contributed by atoms with Gasteiger partial charge >= 0.3 is 6.18 Å². The van der Waals surface area contributed by atoms with Crippen LogP contribution in [0.15, 0.2) is 35.1 Å². The first-order valence-electron chi connectivity index (χ1n) is 14.6. The number of halogens is 4. The molecule has 0 amide bonds. The van der Waals surface area contributed by atoms with Crippen molar-refractivity contribution in [2.45, 2.75) is 61.7 Å². The van der Waals surface area contributed by atoms with Crippen LogP contribution in [0, 0.1) is 11.7 Å². The molecule has 0 radical (unpaired) electrons. The summed E-state index contributed by atoms with van der Waals surface area (Å²) in [5.41, 5.74) is 5.10. The molecule has 12 heteroatoms. The Kier molecular flexibility index (Phi) is 8.28. The van der Waals surface area contributed by atoms with E-state index in [2.05, 4.69) is 14.9 Å². The Morgan fingerprint density at radius 1 is 1.02 bits per heavy atom. The maximum atomic E-state index is 14.6. The van der Waals surface area contributed by atoms with E-state index in [-0.39, 0.29) is 16.8 Å². The van der Waals surface area contributed by atoms with Crippen LogP contribution in [0.4, 0.5) is 28.9 Å². The number of nitrogens with zero attached hydrogens (tertiary/aromatic N) is 3. The Balaban J connectivity index is 1.01. The molecule has 3 aliphatic rings. The fourth-order valence-corrected chi connectivity index (χ4v) is 7.11. The average molecular weight is 606 g/mol. The third kappa shape index (κ3) is 6.64. The van der Waals surface area contributed by atoms with Crippen molar-refractivity contribution in [2.75, 3.05) is 43.4 Å². The predicted octanol–water partition coefficient (Wildman–Crippen LogP) is 5.82. The maximum absolute atomic E-state index is 14.6. The normalized spacial score (nSPS) is 19.5. The number of fused-ring (bicyclic) bond motifs is 1. The highest BCUT2D eigenvalue weighted by Crippen LogP contribution is 2.39. The first kappa shape index (κ1) is 29.1. The fraction of sp³-hybridized carbons (Fsp3) is 0.533. The molecule has 2 aliphatic heterocycles. The molecular formula is C30H35F4N5O2S. The zero-order valence-electron chi connectivity index (χ0n) is 23.3. The molecule has 0 bridgehead atoms. The smallest absolute Gasteiger partial charge is 0.418 e. The van der Waals surface area contributed by atoms with E-state index in [1.807, 2.05) is 4.90 Å². The number of aromatic nitrogens is 2. The molecule has 1 saturated carbocycles. The summed E-state index contributed by atoms with van der Waals surface area (Å²) in [6.45, 7) is 3.54. The molecule has 7 nitrogen and oxygen atoms in total. The second-order valence-electron chi connectivity index (χ2n) is 11.6. The van der Waals surface area contributed by atoms with Crippen LogP contribution in [0.3, 0.4) is 0 Å². The molecule has 0 unspecified atom stereocenters. The summed E-state index contributed by atoms with van der Waals surface area (Å²) in [4.78, 5) is 24.2. The quantitative estimate of drug-likeness (QED) is 0.247. The number of ether oxygens (including phenoxy) is 1. The first-order valence-corrected chi connectivity index (χ1v) is 15.6. The molecule has 226 valence electrons. The Morgan fingerprint density at radius 3 is 2.45 bits per heavy atom. The lowest BCUT2D eigenvalue weighted by Gasteiger charge is -2.42. The van der Waals surface area contributed by atoms with Gasteiger partial charge in [-0.2, -0.15) is 24.9 Å². The van der Waals surface area contributed by atoms with E-state index in [1.165, 1.54) is 18.2 Å². The second-order valence-corrected chi connectivity index (χ2v) is 12.9. The summed E-state index contributed by atoms with van der Waals surface area (Å²) >= 11 is 1.74. The molecular weight excluding hydrogens is 570 g/mol. The summed E-state index contributed by atoms with van der Waals surface area (Å²) < 4.78 is 61.1. The number of H-pyrrole nitrogens is 1. The molecule has 3 aromatic rings. The molecule has 2 aromatic carbocycles. The van der Waals surface area contributed by atoms with Crippen LogP contribution in [0.5, 0.6) is 5.75 Å². The third-order valence-corrected chi connectivity index (χ3v) is 9.93. The summed E-state index contributed by atoms with van der Waals surface area (Å²) in [6.07, 6.45) is 1.39. The molecule has 2 saturated heterocycles. The Morgan fingerprint density at radius 2 is 1.76 bits per heavy atom. The summed E-state index contributed by atoms with van der Waals surface area (Å²) in [6, 6.07) is 7.28. The highest BCUT2D eigenvalue weighted by Gasteiger charge is 2.36. The van der Waals surface area contributed by atoms with Crippen LogP contribution in [0.2, 0.25) is 0 Å². The number of hydrogen-bond donors (Lipinski definition) is 2. The fourth-order valence-electron chi connectivity index (χ4n) is 6.03. The number of alkyl halides is 3. The number of piperidine rings is 2. The van der Waals surface area contributed by atoms with Crippen molar-refractivity contribution in [3.8, 4) is 5.75 Å². The van der Waals surface area contributed by atoms with Gasteiger partial charge in [0.1, 0.15) is 22.8 Å². The van der Waals surface area contributed by atoms with Crippen LogP contribution in [0.25, 0.3) is 10.9 Å². The standard InChI is InChI=1S/C30H35F4N5O2S/c31-24-14-21(41-16-18-1-2-18)15-25-28(24)29(40)37-27(36-25)17-42-22-7-11-38(12-8-22)20-5-9-39(10-6-20)26-4-3-19(35)13-23(26)30(32,33)34/h3-4,13-15,18,20,22H,1-2,5-12,16-17,35H2,(H,36,37,40). The van der Waals surface area contributed by atoms with Crippen LogP contribution in [-0.4, -0.2) is 58.9 Å². The monoisotopic (exact) mass is 605 g/mol. The van der Waals surface area contributed by atoms with Crippen LogP contribution in [0.1, 0.15) is 49.9 Å². The first-order chi connectivity index (χ1) is 20.1. The van der Waals surface area contributed by atoms with E-state index >= 15 is 0 Å². The molecule has 3 heterocycles. The number of rotatable bonds is 8. The van der Waals surface area contributed by atoms with Gasteiger partial charge in [-0.3, -0.25) is 4.79 Å². The lowest BCUT2D eigenvalue weighted by Crippen LogP contribution is -2.48. The Labute approximate surface area is 245 Å². The second kappa shape index (κ2) is 11.9. The molecule has 42 heavy (non-hydrogen) atoms. The number of nitrogens with one attached hydrogen (secondary N) is 1. The highest BCUT2D eigenvalue weighted by molar-refractivity contribution is 7.99. The van der Waals surface area contributed by atoms with Crippen molar-refractivity contribution in [3.05, 3.63) is 57.9 Å². The maximum Gasteiger partial charge on any atom is 0.418 e. The largest absolute Gasteiger partial charge is 0.493 e. The number of hydrogen-bond acceptors (Lipinski definition) is 7. The van der Waals surface area contributed by atoms with Gasteiger partial charge in [0.05, 0.1) is 23.4 Å². The lowest BCUT2D eigenvalue weighted by atomic mass is 9.98. The molecule has 0 atom stereocenters. The molecule has 1 aromatic heterocycles. The van der Waals surface area contributed by atoms with Gasteiger partial charge in [-0.25, -0.2) is 9.37 Å². The van der Waals surface area contributed by atoms with Crippen molar-refractivity contribution < 1.29 is 22.3 Å². The van der Waals surface area contributed by atoms with Gasteiger partial charge in [0, 0.05) is 47.9 Å². The van der Waals surface area contributed by atoms with E-state index < -0.39 is 23.1 Å². The number of nitrogens with two attached hydrogens (primary N) is 1. The number of nitrogen functional groups attached to an aromatic ring is 1. The van der Waals surface area contributed by atoms with Crippen molar-refractivity contribution in [1.29, 1.82) is 0 Å². The zero-order chi connectivity index (χ0) is 29.4. The Bertz CT molecular complexity index is 1480. The zero-order valence-corrected chi connectivity index (χ0v) is 24.1. The molecule has 1 aliphatic carbocycles. The van der Waals surface area contributed by atoms with E-state index in [4.69, 9.17) is 10.5 Å². The van der Waals surface area contributed by atoms with Crippen LogP contribution in [-0.2, 0) is 11.9 Å². The van der Waals surface area contributed by atoms with Gasteiger partial charge in [-0.15, -0.1) is 0 Å². The summed E-state index contributed by atoms with van der Waals surface area (Å²) in [5, 5.41) is 0.351. The number of anilines is 2. The number of benzene rings is 2. The van der Waals surface area contributed by atoms with E-state index in [0.717, 1.165) is 57.7 Å². The number of likely N-dealkylation sites (tertiary alicyclic amines) is 1. The van der Waals surface area contributed by atoms with Crippen LogP contribution < -0.4 is 20.9 Å². The third-order valence-electron chi connectivity index (χ3n) is 8.55. The summed E-state index contributed by atoms with van der Waals surface area (Å²) in [7, 11) is 0. The molecule has 6 rings (SSSR count). The number of thioether (sulfide) groups is 1. The van der Waals surface area contributed by atoms with Crippen molar-refractivity contribution in [2.24, 2.45) is 5.92 Å². The van der Waals surface area contributed by atoms with E-state index in [1.54, 1.807) is 17.8 Å². The average Bonchev–Trinajstić information content (AvgIpc) is 3.79. The minimum absolute atomic E-state index is 0.0482. The van der Waals surface area contributed by atoms with Crippen molar-refractivity contribution in [3.63, 3.8) is 0 Å². The minimum atomic E-state index is -4.44.